The van der Waals surface area contributed by atoms with Gasteiger partial charge < -0.3 is 5.11 Å². The Labute approximate surface area is 99.3 Å². The Morgan fingerprint density at radius 1 is 1.12 bits per heavy atom. The maximum absolute atomic E-state index is 12.3. The summed E-state index contributed by atoms with van der Waals surface area (Å²) in [6.07, 6.45) is 5.51. The monoisotopic (exact) mass is 233 g/mol. The van der Waals surface area contributed by atoms with Gasteiger partial charge in [-0.1, -0.05) is 12.2 Å². The highest BCUT2D eigenvalue weighted by Crippen LogP contribution is 2.65. The Morgan fingerprint density at radius 2 is 1.65 bits per heavy atom. The summed E-state index contributed by atoms with van der Waals surface area (Å²) < 4.78 is 0. The molecule has 0 aromatic heterocycles. The highest BCUT2D eigenvalue weighted by atomic mass is 16.3. The first-order valence-electron chi connectivity index (χ1n) is 6.38. The number of hydrogen-bond acceptors (Lipinski definition) is 3. The summed E-state index contributed by atoms with van der Waals surface area (Å²) in [5.41, 5.74) is 0. The van der Waals surface area contributed by atoms with E-state index < -0.39 is 0 Å². The van der Waals surface area contributed by atoms with Gasteiger partial charge in [-0.2, -0.15) is 0 Å². The van der Waals surface area contributed by atoms with Gasteiger partial charge in [-0.15, -0.1) is 0 Å². The number of β-amino-alcohol motifs (C(OH)–C–C–N with tert-alkyl or cyclic N) is 1. The van der Waals surface area contributed by atoms with Gasteiger partial charge in [0.25, 0.3) is 0 Å². The Balaban J connectivity index is 1.74. The lowest BCUT2D eigenvalue weighted by Crippen LogP contribution is -2.40. The summed E-state index contributed by atoms with van der Waals surface area (Å²) in [4.78, 5) is 25.8. The zero-order valence-corrected chi connectivity index (χ0v) is 9.45. The van der Waals surface area contributed by atoms with Gasteiger partial charge in [0, 0.05) is 0 Å². The van der Waals surface area contributed by atoms with Crippen LogP contribution in [0.15, 0.2) is 12.2 Å². The molecule has 6 atom stereocenters. The molecule has 3 fully saturated rings. The normalized spacial score (nSPS) is 49.6. The van der Waals surface area contributed by atoms with E-state index in [1.165, 1.54) is 11.3 Å². The number of likely N-dealkylation sites (tertiary alicyclic amines) is 1. The number of aliphatic hydroxyl groups excluding tert-OH is 1. The van der Waals surface area contributed by atoms with Crippen molar-refractivity contribution in [3.8, 4) is 0 Å². The molecule has 90 valence electrons. The number of allylic oxidation sites excluding steroid dienone is 2. The lowest BCUT2D eigenvalue weighted by Gasteiger charge is -2.37. The number of hydrogen-bond donors (Lipinski definition) is 1. The Morgan fingerprint density at radius 3 is 2.12 bits per heavy atom. The van der Waals surface area contributed by atoms with E-state index in [1.54, 1.807) is 0 Å². The van der Waals surface area contributed by atoms with Crippen molar-refractivity contribution in [2.24, 2.45) is 35.5 Å². The van der Waals surface area contributed by atoms with Gasteiger partial charge in [-0.3, -0.25) is 14.5 Å². The van der Waals surface area contributed by atoms with Gasteiger partial charge in [-0.25, -0.2) is 0 Å². The third kappa shape index (κ3) is 1.03. The number of imide groups is 1. The first-order chi connectivity index (χ1) is 8.24. The average molecular weight is 233 g/mol. The molecule has 5 rings (SSSR count). The molecule has 0 spiro atoms. The van der Waals surface area contributed by atoms with E-state index in [4.69, 9.17) is 5.11 Å². The third-order valence-corrected chi connectivity index (χ3v) is 5.08. The molecule has 2 saturated carbocycles. The van der Waals surface area contributed by atoms with Crippen molar-refractivity contribution in [2.45, 2.75) is 6.42 Å². The van der Waals surface area contributed by atoms with E-state index in [2.05, 4.69) is 12.2 Å². The molecule has 6 unspecified atom stereocenters. The van der Waals surface area contributed by atoms with Gasteiger partial charge >= 0.3 is 0 Å². The molecule has 1 heterocycles. The van der Waals surface area contributed by atoms with Crippen LogP contribution >= 0.6 is 0 Å². The number of carbonyl (C=O) groups is 2. The van der Waals surface area contributed by atoms with Crippen LogP contribution in [0.4, 0.5) is 0 Å². The van der Waals surface area contributed by atoms with Crippen molar-refractivity contribution >= 4 is 11.8 Å². The number of carbonyl (C=O) groups excluding carboxylic acids is 2. The summed E-state index contributed by atoms with van der Waals surface area (Å²) in [6, 6.07) is 0. The highest BCUT2D eigenvalue weighted by molar-refractivity contribution is 6.06. The molecule has 4 heteroatoms. The van der Waals surface area contributed by atoms with Crippen LogP contribution in [0.25, 0.3) is 0 Å². The fourth-order valence-corrected chi connectivity index (χ4v) is 4.34. The first kappa shape index (κ1) is 9.83. The molecule has 0 aromatic rings. The molecule has 1 saturated heterocycles. The summed E-state index contributed by atoms with van der Waals surface area (Å²) in [5.74, 6) is 1.55. The Bertz CT molecular complexity index is 408. The van der Waals surface area contributed by atoms with E-state index >= 15 is 0 Å². The quantitative estimate of drug-likeness (QED) is 0.541. The molecule has 5 aliphatic rings. The summed E-state index contributed by atoms with van der Waals surface area (Å²) in [7, 11) is 0. The molecular formula is C13H15NO3. The van der Waals surface area contributed by atoms with Crippen LogP contribution in [-0.4, -0.2) is 35.0 Å². The van der Waals surface area contributed by atoms with Gasteiger partial charge in [0.1, 0.15) is 0 Å². The van der Waals surface area contributed by atoms with Gasteiger partial charge in [0.05, 0.1) is 25.0 Å². The summed E-state index contributed by atoms with van der Waals surface area (Å²) in [5, 5.41) is 8.94. The van der Waals surface area contributed by atoms with Crippen LogP contribution in [-0.2, 0) is 9.59 Å². The van der Waals surface area contributed by atoms with E-state index in [0.29, 0.717) is 11.8 Å². The van der Waals surface area contributed by atoms with Crippen molar-refractivity contribution < 1.29 is 14.7 Å². The van der Waals surface area contributed by atoms with Crippen molar-refractivity contribution in [3.63, 3.8) is 0 Å². The minimum absolute atomic E-state index is 0.0428. The topological polar surface area (TPSA) is 57.6 Å². The van der Waals surface area contributed by atoms with Crippen molar-refractivity contribution in [1.29, 1.82) is 0 Å². The molecule has 1 aliphatic heterocycles. The second-order valence-corrected chi connectivity index (χ2v) is 5.71. The van der Waals surface area contributed by atoms with Crippen LogP contribution in [0.3, 0.4) is 0 Å². The molecule has 0 aromatic carbocycles. The number of aliphatic hydroxyl groups is 1. The molecular weight excluding hydrogens is 218 g/mol. The molecule has 4 nitrogen and oxygen atoms in total. The van der Waals surface area contributed by atoms with E-state index in [-0.39, 0.29) is 48.6 Å². The molecule has 1 N–H and O–H groups in total. The van der Waals surface area contributed by atoms with E-state index in [1.807, 2.05) is 0 Å². The largest absolute Gasteiger partial charge is 0.395 e. The highest BCUT2D eigenvalue weighted by Gasteiger charge is 2.66. The number of rotatable bonds is 2. The Kier molecular flexibility index (Phi) is 1.73. The minimum atomic E-state index is -0.132. The van der Waals surface area contributed by atoms with Crippen LogP contribution in [0.1, 0.15) is 6.42 Å². The lowest BCUT2D eigenvalue weighted by molar-refractivity contribution is -0.140. The van der Waals surface area contributed by atoms with Crippen molar-refractivity contribution in [2.75, 3.05) is 13.2 Å². The van der Waals surface area contributed by atoms with Crippen LogP contribution in [0, 0.1) is 35.5 Å². The smallest absolute Gasteiger partial charge is 0.233 e. The van der Waals surface area contributed by atoms with Gasteiger partial charge in [0.2, 0.25) is 11.8 Å². The van der Waals surface area contributed by atoms with Crippen LogP contribution in [0.2, 0.25) is 0 Å². The molecule has 4 aliphatic carbocycles. The predicted molar refractivity (Wildman–Crippen MR) is 58.5 cm³/mol. The lowest BCUT2D eigenvalue weighted by atomic mass is 9.63. The van der Waals surface area contributed by atoms with E-state index in [0.717, 1.165) is 0 Å². The molecule has 17 heavy (non-hydrogen) atoms. The fraction of sp³-hybridized carbons (Fsp3) is 0.692. The maximum Gasteiger partial charge on any atom is 0.233 e. The molecule has 0 radical (unpaired) electrons. The zero-order chi connectivity index (χ0) is 11.7. The molecule has 2 amide bonds. The van der Waals surface area contributed by atoms with Crippen LogP contribution < -0.4 is 0 Å². The predicted octanol–water partition coefficient (Wildman–Crippen LogP) is 0.0318. The van der Waals surface area contributed by atoms with Crippen LogP contribution in [0.5, 0.6) is 0 Å². The second kappa shape index (κ2) is 2.99. The average Bonchev–Trinajstić information content (AvgIpc) is 3.11. The van der Waals surface area contributed by atoms with Gasteiger partial charge in [-0.05, 0) is 30.1 Å². The third-order valence-electron chi connectivity index (χ3n) is 5.08. The fourth-order valence-electron chi connectivity index (χ4n) is 4.34. The number of nitrogens with zero attached hydrogens (tertiary/aromatic N) is 1. The standard InChI is InChI=1S/C13H15NO3/c15-4-3-14-12(16)10-6-1-2-7(9-5-8(6)9)11(10)13(14)17/h1-2,6-11,15H,3-5H2. The van der Waals surface area contributed by atoms with E-state index in [9.17, 15) is 9.59 Å². The SMILES string of the molecule is O=C1C2C3C=CC(C4CC34)C2C(=O)N1CCO. The first-order valence-corrected chi connectivity index (χ1v) is 6.38. The number of amides is 2. The zero-order valence-electron chi connectivity index (χ0n) is 9.45. The summed E-state index contributed by atoms with van der Waals surface area (Å²) in [6.45, 7) is 0.0337. The maximum atomic E-state index is 12.3. The van der Waals surface area contributed by atoms with Gasteiger partial charge in [0.15, 0.2) is 0 Å². The van der Waals surface area contributed by atoms with Crippen molar-refractivity contribution in [1.82, 2.24) is 4.90 Å². The second-order valence-electron chi connectivity index (χ2n) is 5.71. The van der Waals surface area contributed by atoms with Crippen molar-refractivity contribution in [3.05, 3.63) is 12.2 Å². The molecule has 2 bridgehead atoms. The minimum Gasteiger partial charge on any atom is -0.395 e. The summed E-state index contributed by atoms with van der Waals surface area (Å²) >= 11 is 0. The Hall–Kier alpha value is -1.16.